The second-order valence-electron chi connectivity index (χ2n) is 4.30. The zero-order valence-corrected chi connectivity index (χ0v) is 12.8. The summed E-state index contributed by atoms with van der Waals surface area (Å²) in [7, 11) is 0. The van der Waals surface area contributed by atoms with E-state index >= 15 is 0 Å². The number of hydrogen-bond donors (Lipinski definition) is 0. The third kappa shape index (κ3) is 2.81. The van der Waals surface area contributed by atoms with Gasteiger partial charge in [0.2, 0.25) is 5.88 Å². The van der Waals surface area contributed by atoms with Gasteiger partial charge in [-0.3, -0.25) is 0 Å². The molecule has 0 unspecified atom stereocenters. The number of pyridine rings is 1. The van der Waals surface area contributed by atoms with Crippen molar-refractivity contribution in [2.45, 2.75) is 6.42 Å². The summed E-state index contributed by atoms with van der Waals surface area (Å²) in [6, 6.07) is 9.47. The van der Waals surface area contributed by atoms with Crippen molar-refractivity contribution < 1.29 is 9.15 Å². The van der Waals surface area contributed by atoms with Crippen molar-refractivity contribution in [3.63, 3.8) is 0 Å². The minimum absolute atomic E-state index is 0.547. The van der Waals surface area contributed by atoms with Crippen LogP contribution in [0.3, 0.4) is 0 Å². The fourth-order valence-electron chi connectivity index (χ4n) is 2.04. The summed E-state index contributed by atoms with van der Waals surface area (Å²) in [6.45, 7) is 0.547. The predicted octanol–water partition coefficient (Wildman–Crippen LogP) is 4.87. The summed E-state index contributed by atoms with van der Waals surface area (Å²) in [5.41, 5.74) is 1.15. The number of furan rings is 1. The van der Waals surface area contributed by atoms with E-state index < -0.39 is 0 Å². The summed E-state index contributed by atoms with van der Waals surface area (Å²) in [6.07, 6.45) is 4.15. The zero-order valence-electron chi connectivity index (χ0n) is 10.5. The van der Waals surface area contributed by atoms with Crippen LogP contribution in [0.25, 0.3) is 10.8 Å². The Morgan fingerprint density at radius 2 is 2.00 bits per heavy atom. The Balaban J connectivity index is 1.71. The van der Waals surface area contributed by atoms with Crippen LogP contribution >= 0.6 is 27.5 Å². The highest BCUT2D eigenvalue weighted by molar-refractivity contribution is 9.10. The molecule has 0 saturated carbocycles. The maximum absolute atomic E-state index is 6.11. The van der Waals surface area contributed by atoms with Gasteiger partial charge in [0.1, 0.15) is 4.60 Å². The molecule has 0 radical (unpaired) electrons. The molecule has 1 aromatic carbocycles. The van der Waals surface area contributed by atoms with Gasteiger partial charge in [-0.05, 0) is 33.6 Å². The fourth-order valence-corrected chi connectivity index (χ4v) is 2.57. The van der Waals surface area contributed by atoms with Crippen molar-refractivity contribution in [1.82, 2.24) is 4.98 Å². The van der Waals surface area contributed by atoms with E-state index in [1.54, 1.807) is 12.5 Å². The number of fused-ring (bicyclic) bond motifs is 1. The lowest BCUT2D eigenvalue weighted by molar-refractivity contribution is 0.309. The van der Waals surface area contributed by atoms with E-state index in [1.807, 2.05) is 30.3 Å². The first kappa shape index (κ1) is 13.5. The molecule has 0 amide bonds. The van der Waals surface area contributed by atoms with Crippen molar-refractivity contribution in [1.29, 1.82) is 0 Å². The molecule has 0 fully saturated rings. The van der Waals surface area contributed by atoms with Gasteiger partial charge >= 0.3 is 0 Å². The minimum atomic E-state index is 0.547. The van der Waals surface area contributed by atoms with E-state index in [9.17, 15) is 0 Å². The number of hydrogen-bond acceptors (Lipinski definition) is 3. The fraction of sp³-hybridized carbons (Fsp3) is 0.133. The second kappa shape index (κ2) is 5.85. The van der Waals surface area contributed by atoms with E-state index in [0.717, 1.165) is 27.4 Å². The Labute approximate surface area is 129 Å². The van der Waals surface area contributed by atoms with Crippen LogP contribution in [-0.2, 0) is 6.42 Å². The van der Waals surface area contributed by atoms with Crippen LogP contribution < -0.4 is 4.74 Å². The van der Waals surface area contributed by atoms with E-state index in [1.165, 1.54) is 0 Å². The van der Waals surface area contributed by atoms with Gasteiger partial charge in [-0.25, -0.2) is 4.98 Å². The molecule has 5 heteroatoms. The Morgan fingerprint density at radius 3 is 2.85 bits per heavy atom. The van der Waals surface area contributed by atoms with Crippen LogP contribution in [0.1, 0.15) is 5.56 Å². The molecule has 0 saturated heterocycles. The number of aromatic nitrogens is 1. The van der Waals surface area contributed by atoms with Crippen molar-refractivity contribution >= 4 is 38.3 Å². The van der Waals surface area contributed by atoms with Crippen LogP contribution in [0.5, 0.6) is 5.88 Å². The lowest BCUT2D eigenvalue weighted by atomic mass is 10.1. The predicted molar refractivity (Wildman–Crippen MR) is 82.4 cm³/mol. The highest BCUT2D eigenvalue weighted by atomic mass is 79.9. The smallest absolute Gasteiger partial charge is 0.214 e. The topological polar surface area (TPSA) is 35.3 Å². The second-order valence-corrected chi connectivity index (χ2v) is 5.52. The van der Waals surface area contributed by atoms with Gasteiger partial charge in [-0.15, -0.1) is 0 Å². The number of nitrogens with zero attached hydrogens (tertiary/aromatic N) is 1. The molecule has 0 aliphatic rings. The largest absolute Gasteiger partial charge is 0.477 e. The van der Waals surface area contributed by atoms with Gasteiger partial charge < -0.3 is 9.15 Å². The maximum atomic E-state index is 6.11. The molecule has 3 rings (SSSR count). The highest BCUT2D eigenvalue weighted by Gasteiger charge is 2.07. The third-order valence-electron chi connectivity index (χ3n) is 3.01. The van der Waals surface area contributed by atoms with Gasteiger partial charge in [0, 0.05) is 23.3 Å². The van der Waals surface area contributed by atoms with E-state index in [4.69, 9.17) is 20.8 Å². The maximum Gasteiger partial charge on any atom is 0.214 e. The Bertz CT molecular complexity index is 742. The Morgan fingerprint density at radius 1 is 1.15 bits per heavy atom. The van der Waals surface area contributed by atoms with Gasteiger partial charge in [-0.1, -0.05) is 23.7 Å². The van der Waals surface area contributed by atoms with Crippen molar-refractivity contribution in [3.8, 4) is 5.88 Å². The molecule has 3 aromatic rings. The first-order valence-corrected chi connectivity index (χ1v) is 7.30. The molecule has 0 N–H and O–H groups in total. The summed E-state index contributed by atoms with van der Waals surface area (Å²) in [4.78, 5) is 4.23. The molecule has 2 heterocycles. The molecule has 0 atom stereocenters. The SMILES string of the molecule is Clc1ccc(CCOc2cccc(Br)n2)c2cocc12. The standard InChI is InChI=1S/C15H11BrClNO2/c16-14-2-1-3-15(18-14)20-7-6-10-4-5-13(17)12-9-19-8-11(10)12/h1-5,8-9H,6-7H2. The summed E-state index contributed by atoms with van der Waals surface area (Å²) in [5, 5.41) is 2.67. The first-order chi connectivity index (χ1) is 9.74. The van der Waals surface area contributed by atoms with Gasteiger partial charge in [0.25, 0.3) is 0 Å². The van der Waals surface area contributed by atoms with Crippen molar-refractivity contribution in [3.05, 3.63) is 58.0 Å². The molecule has 0 spiro atoms. The summed E-state index contributed by atoms with van der Waals surface area (Å²) in [5.74, 6) is 0.608. The van der Waals surface area contributed by atoms with E-state index in [2.05, 4.69) is 20.9 Å². The van der Waals surface area contributed by atoms with E-state index in [-0.39, 0.29) is 0 Å². The average Bonchev–Trinajstić information content (AvgIpc) is 2.92. The third-order valence-corrected chi connectivity index (χ3v) is 3.78. The van der Waals surface area contributed by atoms with Crippen LogP contribution in [0, 0.1) is 0 Å². The Hall–Kier alpha value is -1.52. The van der Waals surface area contributed by atoms with Crippen molar-refractivity contribution in [2.75, 3.05) is 6.61 Å². The molecule has 0 aliphatic carbocycles. The highest BCUT2D eigenvalue weighted by Crippen LogP contribution is 2.27. The van der Waals surface area contributed by atoms with Crippen molar-refractivity contribution in [2.24, 2.45) is 0 Å². The zero-order chi connectivity index (χ0) is 13.9. The lowest BCUT2D eigenvalue weighted by Gasteiger charge is -2.07. The van der Waals surface area contributed by atoms with Crippen LogP contribution in [0.15, 0.2) is 51.9 Å². The average molecular weight is 353 g/mol. The first-order valence-electron chi connectivity index (χ1n) is 6.12. The molecular weight excluding hydrogens is 342 g/mol. The Kier molecular flexibility index (Phi) is 3.94. The minimum Gasteiger partial charge on any atom is -0.477 e. The monoisotopic (exact) mass is 351 g/mol. The van der Waals surface area contributed by atoms with Gasteiger partial charge in [0.05, 0.1) is 24.2 Å². The normalized spacial score (nSPS) is 10.9. The van der Waals surface area contributed by atoms with E-state index in [0.29, 0.717) is 17.5 Å². The number of halogens is 2. The number of ether oxygens (including phenoxy) is 1. The molecule has 0 bridgehead atoms. The molecule has 102 valence electrons. The van der Waals surface area contributed by atoms with Crippen LogP contribution in [-0.4, -0.2) is 11.6 Å². The molecule has 2 aromatic heterocycles. The van der Waals surface area contributed by atoms with Gasteiger partial charge in [-0.2, -0.15) is 0 Å². The quantitative estimate of drug-likeness (QED) is 0.629. The lowest BCUT2D eigenvalue weighted by Crippen LogP contribution is -2.02. The summed E-state index contributed by atoms with van der Waals surface area (Å²) >= 11 is 9.43. The molecular formula is C15H11BrClNO2. The number of benzene rings is 1. The van der Waals surface area contributed by atoms with Crippen LogP contribution in [0.4, 0.5) is 0 Å². The molecule has 20 heavy (non-hydrogen) atoms. The molecule has 3 nitrogen and oxygen atoms in total. The van der Waals surface area contributed by atoms with Gasteiger partial charge in [0.15, 0.2) is 0 Å². The van der Waals surface area contributed by atoms with Crippen LogP contribution in [0.2, 0.25) is 5.02 Å². The number of rotatable bonds is 4. The summed E-state index contributed by atoms with van der Waals surface area (Å²) < 4.78 is 11.6. The molecule has 0 aliphatic heterocycles.